The Bertz CT molecular complexity index is 274. The van der Waals surface area contributed by atoms with Crippen molar-refractivity contribution < 1.29 is 14.6 Å². The van der Waals surface area contributed by atoms with Gasteiger partial charge in [0.05, 0.1) is 18.3 Å². The molecule has 2 fully saturated rings. The molecule has 1 N–H and O–H groups in total. The minimum absolute atomic E-state index is 0.0654. The van der Waals surface area contributed by atoms with Gasteiger partial charge in [0.15, 0.2) is 0 Å². The van der Waals surface area contributed by atoms with E-state index in [1.54, 1.807) is 0 Å². The molecule has 3 unspecified atom stereocenters. The first-order valence-corrected chi connectivity index (χ1v) is 9.15. The monoisotopic (exact) mass is 298 g/mol. The molecule has 2 rings (SSSR count). The third-order valence-electron chi connectivity index (χ3n) is 5.25. The van der Waals surface area contributed by atoms with Gasteiger partial charge in [-0.3, -0.25) is 0 Å². The summed E-state index contributed by atoms with van der Waals surface area (Å²) in [6, 6.07) is 0. The van der Waals surface area contributed by atoms with Crippen molar-refractivity contribution in [3.05, 3.63) is 0 Å². The Labute approximate surface area is 130 Å². The van der Waals surface area contributed by atoms with E-state index >= 15 is 0 Å². The van der Waals surface area contributed by atoms with Crippen LogP contribution in [0, 0.1) is 5.92 Å². The number of hydrogen-bond acceptors (Lipinski definition) is 3. The van der Waals surface area contributed by atoms with Gasteiger partial charge in [-0.25, -0.2) is 0 Å². The van der Waals surface area contributed by atoms with Crippen molar-refractivity contribution in [3.8, 4) is 0 Å². The molecule has 0 bridgehead atoms. The first-order chi connectivity index (χ1) is 10.3. The fourth-order valence-electron chi connectivity index (χ4n) is 3.80. The van der Waals surface area contributed by atoms with Crippen LogP contribution < -0.4 is 0 Å². The molecule has 3 heteroatoms. The molecule has 2 aliphatic heterocycles. The minimum atomic E-state index is -0.137. The summed E-state index contributed by atoms with van der Waals surface area (Å²) < 4.78 is 11.5. The van der Waals surface area contributed by atoms with Crippen molar-refractivity contribution in [3.63, 3.8) is 0 Å². The molecule has 3 atom stereocenters. The predicted octanol–water partition coefficient (Wildman–Crippen LogP) is 4.07. The van der Waals surface area contributed by atoms with Crippen molar-refractivity contribution in [2.24, 2.45) is 5.92 Å². The summed E-state index contributed by atoms with van der Waals surface area (Å²) in [4.78, 5) is 0. The van der Waals surface area contributed by atoms with E-state index in [-0.39, 0.29) is 11.7 Å². The van der Waals surface area contributed by atoms with Crippen LogP contribution in [-0.4, -0.2) is 36.6 Å². The molecule has 0 aromatic rings. The Hall–Kier alpha value is -0.120. The number of aliphatic hydroxyl groups excluding tert-OH is 1. The van der Waals surface area contributed by atoms with E-state index < -0.39 is 0 Å². The molecule has 2 saturated heterocycles. The van der Waals surface area contributed by atoms with Crippen LogP contribution in [0.25, 0.3) is 0 Å². The van der Waals surface area contributed by atoms with Crippen LogP contribution in [0.3, 0.4) is 0 Å². The average molecular weight is 298 g/mol. The van der Waals surface area contributed by atoms with Gasteiger partial charge in [0.1, 0.15) is 0 Å². The number of ether oxygens (including phenoxy) is 2. The van der Waals surface area contributed by atoms with Crippen molar-refractivity contribution in [1.82, 2.24) is 0 Å². The van der Waals surface area contributed by atoms with E-state index in [4.69, 9.17) is 9.47 Å². The molecular weight excluding hydrogens is 264 g/mol. The molecule has 0 aromatic carbocycles. The molecule has 0 radical (unpaired) electrons. The second-order valence-electron chi connectivity index (χ2n) is 7.06. The maximum atomic E-state index is 10.5. The smallest absolute Gasteiger partial charge is 0.0940 e. The van der Waals surface area contributed by atoms with Crippen LogP contribution in [0.4, 0.5) is 0 Å². The summed E-state index contributed by atoms with van der Waals surface area (Å²) in [5.41, 5.74) is -0.0654. The number of hydrogen-bond donors (Lipinski definition) is 1. The van der Waals surface area contributed by atoms with Crippen molar-refractivity contribution in [1.29, 1.82) is 0 Å². The van der Waals surface area contributed by atoms with E-state index in [1.807, 2.05) is 0 Å². The van der Waals surface area contributed by atoms with E-state index in [9.17, 15) is 5.11 Å². The second kappa shape index (κ2) is 9.12. The Morgan fingerprint density at radius 2 is 1.86 bits per heavy atom. The van der Waals surface area contributed by atoms with Crippen LogP contribution in [0.5, 0.6) is 0 Å². The molecule has 2 aliphatic rings. The van der Waals surface area contributed by atoms with E-state index in [0.29, 0.717) is 5.92 Å². The highest BCUT2D eigenvalue weighted by Crippen LogP contribution is 2.37. The standard InChI is InChI=1S/C18H34O3/c1-2-3-4-5-6-7-8-9-17(19)16-10-12-21-18(14-16)11-13-20-15-18/h16-17,19H,2-15H2,1H3. The highest BCUT2D eigenvalue weighted by Gasteiger charge is 2.42. The molecule has 0 aromatic heterocycles. The molecule has 0 amide bonds. The van der Waals surface area contributed by atoms with Gasteiger partial charge in [-0.2, -0.15) is 0 Å². The maximum Gasteiger partial charge on any atom is 0.0940 e. The Morgan fingerprint density at radius 3 is 2.57 bits per heavy atom. The zero-order chi connectivity index (χ0) is 15.0. The van der Waals surface area contributed by atoms with Crippen molar-refractivity contribution in [2.45, 2.75) is 89.3 Å². The number of aliphatic hydroxyl groups is 1. The maximum absolute atomic E-state index is 10.5. The summed E-state index contributed by atoms with van der Waals surface area (Å²) in [5, 5.41) is 10.5. The van der Waals surface area contributed by atoms with Gasteiger partial charge in [-0.15, -0.1) is 0 Å². The third kappa shape index (κ3) is 5.54. The number of unbranched alkanes of at least 4 members (excludes halogenated alkanes) is 6. The van der Waals surface area contributed by atoms with Gasteiger partial charge in [0.2, 0.25) is 0 Å². The molecule has 3 nitrogen and oxygen atoms in total. The molecule has 21 heavy (non-hydrogen) atoms. The van der Waals surface area contributed by atoms with Gasteiger partial charge >= 0.3 is 0 Å². The normalized spacial score (nSPS) is 30.9. The lowest BCUT2D eigenvalue weighted by molar-refractivity contribution is -0.117. The summed E-state index contributed by atoms with van der Waals surface area (Å²) in [6.45, 7) is 4.60. The lowest BCUT2D eigenvalue weighted by Gasteiger charge is -2.39. The van der Waals surface area contributed by atoms with Crippen LogP contribution in [0.15, 0.2) is 0 Å². The zero-order valence-corrected chi connectivity index (χ0v) is 13.8. The molecule has 124 valence electrons. The number of rotatable bonds is 9. The quantitative estimate of drug-likeness (QED) is 0.652. The average Bonchev–Trinajstić information content (AvgIpc) is 2.94. The lowest BCUT2D eigenvalue weighted by atomic mass is 9.81. The minimum Gasteiger partial charge on any atom is -0.393 e. The molecule has 0 aliphatic carbocycles. The van der Waals surface area contributed by atoms with Crippen LogP contribution >= 0.6 is 0 Å². The summed E-state index contributed by atoms with van der Waals surface area (Å²) >= 11 is 0. The Morgan fingerprint density at radius 1 is 1.10 bits per heavy atom. The molecule has 2 heterocycles. The summed E-state index contributed by atoms with van der Waals surface area (Å²) in [6.07, 6.45) is 13.0. The van der Waals surface area contributed by atoms with Gasteiger partial charge < -0.3 is 14.6 Å². The Balaban J connectivity index is 1.58. The SMILES string of the molecule is CCCCCCCCCC(O)C1CCOC2(CCOC2)C1. The van der Waals surface area contributed by atoms with Gasteiger partial charge in [0, 0.05) is 19.6 Å². The fraction of sp³-hybridized carbons (Fsp3) is 1.00. The lowest BCUT2D eigenvalue weighted by Crippen LogP contribution is -2.43. The first kappa shape index (κ1) is 17.2. The van der Waals surface area contributed by atoms with Gasteiger partial charge in [-0.1, -0.05) is 51.9 Å². The predicted molar refractivity (Wildman–Crippen MR) is 85.5 cm³/mol. The van der Waals surface area contributed by atoms with Crippen molar-refractivity contribution >= 4 is 0 Å². The molecular formula is C18H34O3. The topological polar surface area (TPSA) is 38.7 Å². The molecule has 1 spiro atoms. The Kier molecular flexibility index (Phi) is 7.48. The highest BCUT2D eigenvalue weighted by molar-refractivity contribution is 4.92. The highest BCUT2D eigenvalue weighted by atomic mass is 16.6. The fourth-order valence-corrected chi connectivity index (χ4v) is 3.80. The molecule has 0 saturated carbocycles. The van der Waals surface area contributed by atoms with Crippen LogP contribution in [0.2, 0.25) is 0 Å². The van der Waals surface area contributed by atoms with E-state index in [0.717, 1.165) is 45.5 Å². The van der Waals surface area contributed by atoms with Crippen LogP contribution in [0.1, 0.15) is 77.6 Å². The van der Waals surface area contributed by atoms with Crippen molar-refractivity contribution in [2.75, 3.05) is 19.8 Å². The van der Waals surface area contributed by atoms with Crippen LogP contribution in [-0.2, 0) is 9.47 Å². The van der Waals surface area contributed by atoms with E-state index in [1.165, 1.54) is 44.9 Å². The third-order valence-corrected chi connectivity index (χ3v) is 5.25. The van der Waals surface area contributed by atoms with E-state index in [2.05, 4.69) is 6.92 Å². The second-order valence-corrected chi connectivity index (χ2v) is 7.06. The van der Waals surface area contributed by atoms with Gasteiger partial charge in [0.25, 0.3) is 0 Å². The zero-order valence-electron chi connectivity index (χ0n) is 13.8. The first-order valence-electron chi connectivity index (χ1n) is 9.15. The summed E-state index contributed by atoms with van der Waals surface area (Å²) in [7, 11) is 0. The summed E-state index contributed by atoms with van der Waals surface area (Å²) in [5.74, 6) is 0.417. The van der Waals surface area contributed by atoms with Gasteiger partial charge in [-0.05, 0) is 25.2 Å². The largest absolute Gasteiger partial charge is 0.393 e.